The Balaban J connectivity index is 1.41. The molecule has 0 fully saturated rings. The third kappa shape index (κ3) is 3.58. The van der Waals surface area contributed by atoms with Gasteiger partial charge in [-0.1, -0.05) is 118 Å². The van der Waals surface area contributed by atoms with Crippen LogP contribution in [0.1, 0.15) is 31.9 Å². The fraction of sp³-hybridized carbons (Fsp3) is 0.132. The zero-order chi connectivity index (χ0) is 28.4. The Hall–Kier alpha value is -5.09. The number of nitrogens with zero attached hydrogens (tertiary/aromatic N) is 3. The maximum Gasteiger partial charge on any atom is 0.164 e. The molecule has 42 heavy (non-hydrogen) atoms. The number of fused-ring (bicyclic) bond motifs is 6. The molecule has 1 unspecified atom stereocenters. The van der Waals surface area contributed by atoms with Crippen LogP contribution in [0, 0.1) is 5.92 Å². The fourth-order valence-electron chi connectivity index (χ4n) is 6.58. The highest BCUT2D eigenvalue weighted by Crippen LogP contribution is 2.54. The van der Waals surface area contributed by atoms with Gasteiger partial charge in [-0.15, -0.1) is 0 Å². The third-order valence-corrected chi connectivity index (χ3v) is 9.07. The lowest BCUT2D eigenvalue weighted by molar-refractivity contribution is 0.414. The lowest BCUT2D eigenvalue weighted by Crippen LogP contribution is -2.27. The SMILES string of the molecule is CC(C)C1(C)c2ccccc2-c2cc3oc4cccc(-c5nc(-c6ccccc6)nc(-c6ccccc6)n5)c4c3cc21. The monoisotopic (exact) mass is 543 g/mol. The summed E-state index contributed by atoms with van der Waals surface area (Å²) in [5.74, 6) is 2.34. The molecule has 0 spiro atoms. The molecule has 202 valence electrons. The summed E-state index contributed by atoms with van der Waals surface area (Å²) in [5, 5.41) is 2.11. The van der Waals surface area contributed by atoms with Crippen LogP contribution in [0.25, 0.3) is 67.2 Å². The quantitative estimate of drug-likeness (QED) is 0.222. The van der Waals surface area contributed by atoms with Crippen LogP contribution < -0.4 is 0 Å². The molecule has 1 atom stereocenters. The Morgan fingerprint density at radius 3 is 1.81 bits per heavy atom. The van der Waals surface area contributed by atoms with Crippen molar-refractivity contribution in [2.75, 3.05) is 0 Å². The molecule has 0 saturated heterocycles. The second kappa shape index (κ2) is 9.22. The summed E-state index contributed by atoms with van der Waals surface area (Å²) in [6.07, 6.45) is 0. The van der Waals surface area contributed by atoms with Gasteiger partial charge in [0.05, 0.1) is 0 Å². The van der Waals surface area contributed by atoms with Gasteiger partial charge in [0.1, 0.15) is 11.2 Å². The van der Waals surface area contributed by atoms with E-state index in [1.165, 1.54) is 22.3 Å². The van der Waals surface area contributed by atoms with Gasteiger partial charge in [0.25, 0.3) is 0 Å². The summed E-state index contributed by atoms with van der Waals surface area (Å²) >= 11 is 0. The number of rotatable bonds is 4. The maximum atomic E-state index is 6.54. The molecule has 1 aliphatic rings. The van der Waals surface area contributed by atoms with Crippen molar-refractivity contribution in [1.29, 1.82) is 0 Å². The molecule has 1 aliphatic carbocycles. The van der Waals surface area contributed by atoms with Gasteiger partial charge in [-0.3, -0.25) is 0 Å². The highest BCUT2D eigenvalue weighted by Gasteiger charge is 2.42. The molecule has 2 heterocycles. The number of aromatic nitrogens is 3. The molecular formula is C38H29N3O. The molecular weight excluding hydrogens is 514 g/mol. The smallest absolute Gasteiger partial charge is 0.164 e. The Kier molecular flexibility index (Phi) is 5.42. The van der Waals surface area contributed by atoms with E-state index in [1.54, 1.807) is 0 Å². The number of hydrogen-bond acceptors (Lipinski definition) is 4. The molecule has 2 aromatic heterocycles. The lowest BCUT2D eigenvalue weighted by atomic mass is 9.71. The van der Waals surface area contributed by atoms with Crippen LogP contribution in [0.4, 0.5) is 0 Å². The maximum absolute atomic E-state index is 6.54. The Morgan fingerprint density at radius 1 is 0.548 bits per heavy atom. The lowest BCUT2D eigenvalue weighted by Gasteiger charge is -2.32. The molecule has 0 N–H and O–H groups in total. The Labute approximate surface area is 244 Å². The molecule has 0 aliphatic heterocycles. The normalized spacial score (nSPS) is 15.8. The van der Waals surface area contributed by atoms with Crippen molar-refractivity contribution in [3.8, 4) is 45.3 Å². The van der Waals surface area contributed by atoms with Crippen LogP contribution in [-0.2, 0) is 5.41 Å². The van der Waals surface area contributed by atoms with E-state index in [0.29, 0.717) is 23.4 Å². The van der Waals surface area contributed by atoms with Gasteiger partial charge >= 0.3 is 0 Å². The molecule has 4 nitrogen and oxygen atoms in total. The second-order valence-electron chi connectivity index (χ2n) is 11.6. The first-order valence-electron chi connectivity index (χ1n) is 14.5. The van der Waals surface area contributed by atoms with E-state index in [1.807, 2.05) is 72.8 Å². The van der Waals surface area contributed by atoms with Crippen molar-refractivity contribution < 1.29 is 4.42 Å². The first kappa shape index (κ1) is 24.7. The average molecular weight is 544 g/mol. The highest BCUT2D eigenvalue weighted by molar-refractivity contribution is 6.13. The van der Waals surface area contributed by atoms with Crippen LogP contribution in [0.5, 0.6) is 0 Å². The Morgan fingerprint density at radius 2 is 1.14 bits per heavy atom. The summed E-state index contributed by atoms with van der Waals surface area (Å²) < 4.78 is 6.54. The van der Waals surface area contributed by atoms with E-state index in [4.69, 9.17) is 19.4 Å². The minimum Gasteiger partial charge on any atom is -0.456 e. The summed E-state index contributed by atoms with van der Waals surface area (Å²) in [6.45, 7) is 7.01. The van der Waals surface area contributed by atoms with Gasteiger partial charge in [0.2, 0.25) is 0 Å². The van der Waals surface area contributed by atoms with Crippen molar-refractivity contribution in [3.05, 3.63) is 126 Å². The first-order chi connectivity index (χ1) is 20.5. The van der Waals surface area contributed by atoms with Crippen molar-refractivity contribution >= 4 is 21.9 Å². The van der Waals surface area contributed by atoms with Crippen LogP contribution in [0.3, 0.4) is 0 Å². The zero-order valence-corrected chi connectivity index (χ0v) is 23.8. The predicted molar refractivity (Wildman–Crippen MR) is 170 cm³/mol. The molecule has 0 saturated carbocycles. The van der Waals surface area contributed by atoms with Crippen molar-refractivity contribution in [2.24, 2.45) is 5.92 Å². The Bertz CT molecular complexity index is 2070. The topological polar surface area (TPSA) is 51.8 Å². The molecule has 0 bridgehead atoms. The van der Waals surface area contributed by atoms with Gasteiger partial charge in [-0.05, 0) is 46.4 Å². The van der Waals surface area contributed by atoms with Gasteiger partial charge in [0, 0.05) is 32.9 Å². The van der Waals surface area contributed by atoms with E-state index < -0.39 is 0 Å². The first-order valence-corrected chi connectivity index (χ1v) is 14.5. The van der Waals surface area contributed by atoms with Crippen LogP contribution in [-0.4, -0.2) is 15.0 Å². The van der Waals surface area contributed by atoms with Crippen LogP contribution in [0.15, 0.2) is 120 Å². The van der Waals surface area contributed by atoms with E-state index in [2.05, 4.69) is 63.2 Å². The standard InChI is InChI=1S/C38H29N3O/c1-23(2)38(3)30-19-11-10-17-26(30)28-22-33-29(21-31(28)38)34-27(18-12-20-32(34)42-33)37-40-35(24-13-6-4-7-14-24)39-36(41-37)25-15-8-5-9-16-25/h4-23H,1-3H3. The van der Waals surface area contributed by atoms with Crippen molar-refractivity contribution in [2.45, 2.75) is 26.2 Å². The average Bonchev–Trinajstić information content (AvgIpc) is 3.53. The number of furan rings is 1. The predicted octanol–water partition coefficient (Wildman–Crippen LogP) is 9.71. The highest BCUT2D eigenvalue weighted by atomic mass is 16.3. The third-order valence-electron chi connectivity index (χ3n) is 9.07. The van der Waals surface area contributed by atoms with Crippen LogP contribution >= 0.6 is 0 Å². The van der Waals surface area contributed by atoms with E-state index >= 15 is 0 Å². The van der Waals surface area contributed by atoms with Gasteiger partial charge < -0.3 is 4.42 Å². The summed E-state index contributed by atoms with van der Waals surface area (Å²) in [5.41, 5.74) is 9.71. The van der Waals surface area contributed by atoms with E-state index in [9.17, 15) is 0 Å². The molecule has 4 heteroatoms. The van der Waals surface area contributed by atoms with Gasteiger partial charge in [-0.2, -0.15) is 0 Å². The fourth-order valence-corrected chi connectivity index (χ4v) is 6.58. The van der Waals surface area contributed by atoms with Crippen LogP contribution in [0.2, 0.25) is 0 Å². The molecule has 5 aromatic carbocycles. The second-order valence-corrected chi connectivity index (χ2v) is 11.6. The molecule has 8 rings (SSSR count). The molecule has 7 aromatic rings. The number of benzene rings is 5. The van der Waals surface area contributed by atoms with Gasteiger partial charge in [0.15, 0.2) is 17.5 Å². The van der Waals surface area contributed by atoms with E-state index in [-0.39, 0.29) is 5.41 Å². The zero-order valence-electron chi connectivity index (χ0n) is 23.8. The van der Waals surface area contributed by atoms with Crippen molar-refractivity contribution in [3.63, 3.8) is 0 Å². The largest absolute Gasteiger partial charge is 0.456 e. The van der Waals surface area contributed by atoms with Gasteiger partial charge in [-0.25, -0.2) is 15.0 Å². The van der Waals surface area contributed by atoms with Crippen molar-refractivity contribution in [1.82, 2.24) is 15.0 Å². The molecule has 0 radical (unpaired) electrons. The summed E-state index contributed by atoms with van der Waals surface area (Å²) in [4.78, 5) is 15.0. The summed E-state index contributed by atoms with van der Waals surface area (Å²) in [7, 11) is 0. The number of hydrogen-bond donors (Lipinski definition) is 0. The minimum absolute atomic E-state index is 0.104. The minimum atomic E-state index is -0.104. The summed E-state index contributed by atoms with van der Waals surface area (Å²) in [6, 6.07) is 39.7. The van der Waals surface area contributed by atoms with E-state index in [0.717, 1.165) is 38.6 Å². The molecule has 0 amide bonds.